The van der Waals surface area contributed by atoms with E-state index in [2.05, 4.69) is 15.3 Å². The predicted molar refractivity (Wildman–Crippen MR) is 149 cm³/mol. The lowest BCUT2D eigenvalue weighted by atomic mass is 9.74. The number of aromatic nitrogens is 2. The highest BCUT2D eigenvalue weighted by Crippen LogP contribution is 2.49. The van der Waals surface area contributed by atoms with Crippen LogP contribution in [-0.4, -0.2) is 47.5 Å². The summed E-state index contributed by atoms with van der Waals surface area (Å²) in [6, 6.07) is 10.9. The SMILES string of the molecule is N#Cc1ccc(N2CC3(C2)C(=O)N(C[C@H]2CC[C@H](NC(=O)c4cc(Cl)cnc4C(F)F)CC2)c2cc(F)ccc23)nc1. The van der Waals surface area contributed by atoms with Crippen LogP contribution in [-0.2, 0) is 10.2 Å². The molecular weight excluding hydrogens is 569 g/mol. The third kappa shape index (κ3) is 4.94. The van der Waals surface area contributed by atoms with Gasteiger partial charge < -0.3 is 15.1 Å². The lowest BCUT2D eigenvalue weighted by Crippen LogP contribution is -2.64. The highest BCUT2D eigenvalue weighted by molar-refractivity contribution is 6.30. The molecule has 0 atom stereocenters. The summed E-state index contributed by atoms with van der Waals surface area (Å²) in [7, 11) is 0. The molecule has 1 saturated heterocycles. The lowest BCUT2D eigenvalue weighted by Gasteiger charge is -2.47. The van der Waals surface area contributed by atoms with Crippen LogP contribution in [0, 0.1) is 23.1 Å². The number of halogens is 4. The summed E-state index contributed by atoms with van der Waals surface area (Å²) >= 11 is 5.89. The van der Waals surface area contributed by atoms with E-state index in [-0.39, 0.29) is 28.5 Å². The van der Waals surface area contributed by atoms with Crippen molar-refractivity contribution in [2.24, 2.45) is 5.92 Å². The number of hydrogen-bond acceptors (Lipinski definition) is 6. The van der Waals surface area contributed by atoms with Crippen molar-refractivity contribution in [3.63, 3.8) is 0 Å². The number of carbonyl (C=O) groups excluding carboxylic acids is 2. The number of benzene rings is 1. The van der Waals surface area contributed by atoms with Gasteiger partial charge in [-0.15, -0.1) is 0 Å². The molecule has 1 N–H and O–H groups in total. The second-order valence-electron chi connectivity index (χ2n) is 11.1. The Balaban J connectivity index is 1.11. The minimum Gasteiger partial charge on any atom is -0.354 e. The van der Waals surface area contributed by atoms with E-state index in [0.29, 0.717) is 62.4 Å². The number of nitrogens with zero attached hydrogens (tertiary/aromatic N) is 5. The van der Waals surface area contributed by atoms with Crippen LogP contribution in [0.1, 0.15) is 59.3 Å². The monoisotopic (exact) mass is 594 g/mol. The first kappa shape index (κ1) is 28.0. The number of alkyl halides is 2. The van der Waals surface area contributed by atoms with Crippen molar-refractivity contribution in [3.8, 4) is 6.07 Å². The highest BCUT2D eigenvalue weighted by Gasteiger charge is 2.58. The van der Waals surface area contributed by atoms with E-state index in [1.54, 1.807) is 23.1 Å². The Kier molecular flexibility index (Phi) is 7.27. The molecule has 4 heterocycles. The summed E-state index contributed by atoms with van der Waals surface area (Å²) in [4.78, 5) is 38.3. The predicted octanol–water partition coefficient (Wildman–Crippen LogP) is 5.17. The summed E-state index contributed by atoms with van der Waals surface area (Å²) in [6.45, 7) is 1.22. The number of amides is 2. The molecule has 3 aromatic rings. The molecule has 2 amide bonds. The zero-order chi connectivity index (χ0) is 29.6. The third-order valence-corrected chi connectivity index (χ3v) is 8.71. The van der Waals surface area contributed by atoms with Gasteiger partial charge in [0.15, 0.2) is 0 Å². The topological polar surface area (TPSA) is 102 Å². The van der Waals surface area contributed by atoms with Crippen LogP contribution in [0.15, 0.2) is 48.8 Å². The molecule has 2 aromatic heterocycles. The molecular formula is C30H26ClF3N6O2. The number of fused-ring (bicyclic) bond motifs is 2. The fourth-order valence-electron chi connectivity index (χ4n) is 6.33. The van der Waals surface area contributed by atoms with E-state index in [1.165, 1.54) is 24.4 Å². The fourth-order valence-corrected chi connectivity index (χ4v) is 6.48. The molecule has 216 valence electrons. The van der Waals surface area contributed by atoms with Gasteiger partial charge in [-0.25, -0.2) is 18.2 Å². The normalized spacial score (nSPS) is 20.8. The van der Waals surface area contributed by atoms with Crippen molar-refractivity contribution >= 4 is 34.9 Å². The van der Waals surface area contributed by atoms with Gasteiger partial charge in [0.05, 0.1) is 21.8 Å². The maximum absolute atomic E-state index is 14.4. The third-order valence-electron chi connectivity index (χ3n) is 8.50. The molecule has 0 radical (unpaired) electrons. The Morgan fingerprint density at radius 1 is 1.12 bits per heavy atom. The number of carbonyl (C=O) groups is 2. The van der Waals surface area contributed by atoms with E-state index in [1.807, 2.05) is 11.0 Å². The smallest absolute Gasteiger partial charge is 0.281 e. The van der Waals surface area contributed by atoms with Gasteiger partial charge in [-0.05, 0) is 67.5 Å². The van der Waals surface area contributed by atoms with E-state index in [9.17, 15) is 22.8 Å². The molecule has 8 nitrogen and oxygen atoms in total. The molecule has 0 unspecified atom stereocenters. The summed E-state index contributed by atoms with van der Waals surface area (Å²) < 4.78 is 41.1. The first-order chi connectivity index (χ1) is 20.2. The fraction of sp³-hybridized carbons (Fsp3) is 0.367. The molecule has 42 heavy (non-hydrogen) atoms. The summed E-state index contributed by atoms with van der Waals surface area (Å²) in [5.41, 5.74) is 0.184. The number of nitriles is 1. The quantitative estimate of drug-likeness (QED) is 0.422. The van der Waals surface area contributed by atoms with Gasteiger partial charge in [-0.3, -0.25) is 14.6 Å². The van der Waals surface area contributed by atoms with Crippen molar-refractivity contribution < 1.29 is 22.8 Å². The van der Waals surface area contributed by atoms with Crippen LogP contribution >= 0.6 is 11.6 Å². The van der Waals surface area contributed by atoms with Crippen LogP contribution in [0.3, 0.4) is 0 Å². The second kappa shape index (κ2) is 10.9. The molecule has 1 aliphatic carbocycles. The average molecular weight is 595 g/mol. The van der Waals surface area contributed by atoms with Gasteiger partial charge in [0.2, 0.25) is 5.91 Å². The summed E-state index contributed by atoms with van der Waals surface area (Å²) in [5.74, 6) is -0.343. The van der Waals surface area contributed by atoms with Crippen molar-refractivity contribution in [3.05, 3.63) is 82.0 Å². The molecule has 6 rings (SSSR count). The van der Waals surface area contributed by atoms with Gasteiger partial charge in [-0.1, -0.05) is 17.7 Å². The van der Waals surface area contributed by atoms with Gasteiger partial charge >= 0.3 is 0 Å². The highest BCUT2D eigenvalue weighted by atomic mass is 35.5. The Morgan fingerprint density at radius 3 is 2.55 bits per heavy atom. The number of rotatable bonds is 6. The van der Waals surface area contributed by atoms with E-state index in [4.69, 9.17) is 16.9 Å². The number of pyridine rings is 2. The Hall–Kier alpha value is -4.17. The Bertz CT molecular complexity index is 1580. The van der Waals surface area contributed by atoms with Crippen LogP contribution in [0.5, 0.6) is 0 Å². The van der Waals surface area contributed by atoms with Crippen molar-refractivity contribution in [2.75, 3.05) is 29.4 Å². The number of hydrogen-bond donors (Lipinski definition) is 1. The molecule has 2 aliphatic heterocycles. The first-order valence-corrected chi connectivity index (χ1v) is 14.0. The number of anilines is 2. The Morgan fingerprint density at radius 2 is 1.88 bits per heavy atom. The minimum absolute atomic E-state index is 0.0728. The molecule has 1 aromatic carbocycles. The van der Waals surface area contributed by atoms with Crippen LogP contribution < -0.4 is 15.1 Å². The maximum atomic E-state index is 14.4. The molecule has 12 heteroatoms. The number of nitrogens with one attached hydrogen (secondary N) is 1. The Labute approximate surface area is 245 Å². The summed E-state index contributed by atoms with van der Waals surface area (Å²) in [5, 5.41) is 12.0. The molecule has 0 bridgehead atoms. The zero-order valence-electron chi connectivity index (χ0n) is 22.4. The van der Waals surface area contributed by atoms with Crippen molar-refractivity contribution in [1.29, 1.82) is 5.26 Å². The standard InChI is InChI=1S/C30H26ClF3N6O2/c31-19-9-22(26(27(33)34)37-13-19)28(41)38-21-5-1-17(2-6-21)14-40-24-10-20(32)4-7-23(24)30(29(40)42)15-39(16-30)25-8-3-18(11-35)12-36-25/h3-4,7-10,12-13,17,21,27H,1-2,5-6,14-16H2,(H,38,41)/t17-,21-. The van der Waals surface area contributed by atoms with Gasteiger partial charge in [0, 0.05) is 38.1 Å². The van der Waals surface area contributed by atoms with Crippen molar-refractivity contribution in [2.45, 2.75) is 43.6 Å². The zero-order valence-corrected chi connectivity index (χ0v) is 23.1. The van der Waals surface area contributed by atoms with Gasteiger partial charge in [0.25, 0.3) is 12.3 Å². The van der Waals surface area contributed by atoms with E-state index in [0.717, 1.165) is 11.8 Å². The molecule has 1 saturated carbocycles. The van der Waals surface area contributed by atoms with Crippen molar-refractivity contribution in [1.82, 2.24) is 15.3 Å². The maximum Gasteiger partial charge on any atom is 0.281 e. The largest absolute Gasteiger partial charge is 0.354 e. The molecule has 2 fully saturated rings. The molecule has 1 spiro atoms. The van der Waals surface area contributed by atoms with Crippen LogP contribution in [0.25, 0.3) is 0 Å². The van der Waals surface area contributed by atoms with Gasteiger partial charge in [-0.2, -0.15) is 5.26 Å². The van der Waals surface area contributed by atoms with E-state index >= 15 is 0 Å². The minimum atomic E-state index is -2.91. The average Bonchev–Trinajstić information content (AvgIpc) is 3.20. The summed E-state index contributed by atoms with van der Waals surface area (Å²) in [6.07, 6.45) is 2.28. The second-order valence-corrected chi connectivity index (χ2v) is 11.5. The first-order valence-electron chi connectivity index (χ1n) is 13.7. The van der Waals surface area contributed by atoms with Crippen LogP contribution in [0.4, 0.5) is 24.7 Å². The lowest BCUT2D eigenvalue weighted by molar-refractivity contribution is -0.124. The molecule has 3 aliphatic rings. The van der Waals surface area contributed by atoms with Crippen LogP contribution in [0.2, 0.25) is 5.02 Å². The van der Waals surface area contributed by atoms with E-state index < -0.39 is 29.3 Å². The van der Waals surface area contributed by atoms with Gasteiger partial charge in [0.1, 0.15) is 28.8 Å².